The molecule has 0 atom stereocenters. The molecule has 0 saturated heterocycles. The van der Waals surface area contributed by atoms with Crippen molar-refractivity contribution in [2.24, 2.45) is 0 Å². The van der Waals surface area contributed by atoms with Crippen molar-refractivity contribution in [2.45, 2.75) is 18.2 Å². The van der Waals surface area contributed by atoms with Crippen LogP contribution in [0.5, 0.6) is 0 Å². The maximum Gasteiger partial charge on any atom is 0.280 e. The van der Waals surface area contributed by atoms with Crippen molar-refractivity contribution >= 4 is 37.0 Å². The van der Waals surface area contributed by atoms with Gasteiger partial charge in [-0.25, -0.2) is 30.5 Å². The summed E-state index contributed by atoms with van der Waals surface area (Å²) in [6.07, 6.45) is -1.83. The number of hydrogen-bond acceptors (Lipinski definition) is 3. The van der Waals surface area contributed by atoms with E-state index in [-0.39, 0.29) is 27.1 Å². The minimum absolute atomic E-state index is 0.0796. The van der Waals surface area contributed by atoms with Gasteiger partial charge in [0.05, 0.1) is 4.90 Å². The van der Waals surface area contributed by atoms with Crippen LogP contribution in [0.25, 0.3) is 22.2 Å². The molecule has 0 bridgehead atoms. The summed E-state index contributed by atoms with van der Waals surface area (Å²) in [5.41, 5.74) is -0.0462. The van der Waals surface area contributed by atoms with Crippen LogP contribution in [0.4, 0.5) is 13.2 Å². The van der Waals surface area contributed by atoms with E-state index in [1.54, 1.807) is 19.1 Å². The molecule has 0 aliphatic heterocycles. The number of aromatic nitrogens is 2. The largest absolute Gasteiger partial charge is 0.280 e. The first kappa shape index (κ1) is 20.6. The smallest absolute Gasteiger partial charge is 0.236 e. The molecule has 0 N–H and O–H groups in total. The summed E-state index contributed by atoms with van der Waals surface area (Å²) in [6.45, 7) is 1.78. The first-order valence-corrected chi connectivity index (χ1v) is 11.0. The molecule has 0 unspecified atom stereocenters. The molecule has 0 spiro atoms. The van der Waals surface area contributed by atoms with Gasteiger partial charge < -0.3 is 0 Å². The van der Waals surface area contributed by atoms with Crippen LogP contribution < -0.4 is 0 Å². The van der Waals surface area contributed by atoms with E-state index in [4.69, 9.17) is 0 Å². The summed E-state index contributed by atoms with van der Waals surface area (Å²) in [7, 11) is -4.40. The van der Waals surface area contributed by atoms with Crippen molar-refractivity contribution < 1.29 is 21.6 Å². The topological polar surface area (TPSA) is 52.0 Å². The quantitative estimate of drug-likeness (QED) is 0.345. The number of benzene rings is 2. The molecule has 4 aromatic rings. The summed E-state index contributed by atoms with van der Waals surface area (Å²) >= 11 is 3.25. The van der Waals surface area contributed by atoms with E-state index in [2.05, 4.69) is 20.9 Å². The van der Waals surface area contributed by atoms with Gasteiger partial charge in [-0.1, -0.05) is 29.8 Å². The van der Waals surface area contributed by atoms with Crippen molar-refractivity contribution in [3.8, 4) is 11.1 Å². The van der Waals surface area contributed by atoms with Crippen LogP contribution in [0, 0.1) is 12.7 Å². The fraction of sp³-hybridized carbons (Fsp3) is 0.0952. The average Bonchev–Trinajstić information content (AvgIpc) is 3.03. The Morgan fingerprint density at radius 3 is 2.40 bits per heavy atom. The lowest BCUT2D eigenvalue weighted by Gasteiger charge is -2.12. The first-order chi connectivity index (χ1) is 14.2. The summed E-state index contributed by atoms with van der Waals surface area (Å²) in [5.74, 6) is -0.627. The van der Waals surface area contributed by atoms with Crippen LogP contribution >= 0.6 is 15.9 Å². The number of nitrogens with zero attached hydrogens (tertiary/aromatic N) is 2. The van der Waals surface area contributed by atoms with Crippen LogP contribution in [0.1, 0.15) is 17.7 Å². The van der Waals surface area contributed by atoms with E-state index < -0.39 is 28.0 Å². The van der Waals surface area contributed by atoms with Gasteiger partial charge in [-0.3, -0.25) is 0 Å². The summed E-state index contributed by atoms with van der Waals surface area (Å²) in [6, 6.07) is 12.5. The van der Waals surface area contributed by atoms with E-state index in [1.807, 2.05) is 0 Å². The molecule has 2 aromatic carbocycles. The molecule has 30 heavy (non-hydrogen) atoms. The van der Waals surface area contributed by atoms with Crippen LogP contribution in [0.2, 0.25) is 0 Å². The number of alkyl halides is 2. The summed E-state index contributed by atoms with van der Waals surface area (Å²) in [5, 5.41) is 0.168. The number of rotatable bonds is 4. The Kier molecular flexibility index (Phi) is 5.19. The molecule has 154 valence electrons. The number of halogens is 4. The predicted molar refractivity (Wildman–Crippen MR) is 112 cm³/mol. The summed E-state index contributed by atoms with van der Waals surface area (Å²) < 4.78 is 70.3. The Morgan fingerprint density at radius 1 is 1.07 bits per heavy atom. The predicted octanol–water partition coefficient (Wildman–Crippen LogP) is 6.09. The fourth-order valence-electron chi connectivity index (χ4n) is 3.34. The lowest BCUT2D eigenvalue weighted by Crippen LogP contribution is -2.17. The lowest BCUT2D eigenvalue weighted by atomic mass is 10.0. The number of pyridine rings is 1. The van der Waals surface area contributed by atoms with Crippen LogP contribution in [-0.2, 0) is 10.0 Å². The molecule has 0 saturated carbocycles. The highest BCUT2D eigenvalue weighted by Gasteiger charge is 2.33. The SMILES string of the molecule is Cc1ccc(S(=O)(=O)n2c(C(F)F)c(-c3cccc(F)c3)c3cc(Br)cnc32)cc1. The number of fused-ring (bicyclic) bond motifs is 1. The van der Waals surface area contributed by atoms with E-state index in [1.165, 1.54) is 42.6 Å². The lowest BCUT2D eigenvalue weighted by molar-refractivity contribution is 0.146. The van der Waals surface area contributed by atoms with Crippen molar-refractivity contribution in [3.05, 3.63) is 82.3 Å². The standard InChI is InChI=1S/C21H14BrF3N2O2S/c1-12-5-7-16(8-6-12)30(28,29)27-19(20(24)25)18(13-3-2-4-15(23)9-13)17-10-14(22)11-26-21(17)27/h2-11,20H,1H3. The molecule has 2 aromatic heterocycles. The van der Waals surface area contributed by atoms with Crippen molar-refractivity contribution in [2.75, 3.05) is 0 Å². The second kappa shape index (κ2) is 7.55. The number of hydrogen-bond donors (Lipinski definition) is 0. The van der Waals surface area contributed by atoms with E-state index in [9.17, 15) is 21.6 Å². The Labute approximate surface area is 179 Å². The third kappa shape index (κ3) is 3.41. The molecular weight excluding hydrogens is 481 g/mol. The van der Waals surface area contributed by atoms with Gasteiger partial charge in [0, 0.05) is 21.6 Å². The van der Waals surface area contributed by atoms with Gasteiger partial charge in [0.25, 0.3) is 16.4 Å². The molecular formula is C21H14BrF3N2O2S. The van der Waals surface area contributed by atoms with E-state index in [0.29, 0.717) is 8.45 Å². The average molecular weight is 495 g/mol. The van der Waals surface area contributed by atoms with E-state index >= 15 is 0 Å². The zero-order valence-corrected chi connectivity index (χ0v) is 17.9. The molecule has 4 nitrogen and oxygen atoms in total. The van der Waals surface area contributed by atoms with Gasteiger partial charge in [-0.05, 0) is 58.7 Å². The Balaban J connectivity index is 2.15. The van der Waals surface area contributed by atoms with Gasteiger partial charge in [-0.15, -0.1) is 0 Å². The zero-order chi connectivity index (χ0) is 21.6. The maximum atomic E-state index is 14.3. The molecule has 0 fully saturated rings. The highest BCUT2D eigenvalue weighted by molar-refractivity contribution is 9.10. The van der Waals surface area contributed by atoms with Gasteiger partial charge in [0.1, 0.15) is 11.5 Å². The minimum Gasteiger partial charge on any atom is -0.236 e. The Hall–Kier alpha value is -2.65. The van der Waals surface area contributed by atoms with Crippen LogP contribution in [0.3, 0.4) is 0 Å². The Morgan fingerprint density at radius 2 is 1.77 bits per heavy atom. The molecule has 2 heterocycles. The normalized spacial score (nSPS) is 12.1. The molecule has 0 aliphatic rings. The van der Waals surface area contributed by atoms with Crippen LogP contribution in [0.15, 0.2) is 70.2 Å². The van der Waals surface area contributed by atoms with Crippen molar-refractivity contribution in [3.63, 3.8) is 0 Å². The molecule has 9 heteroatoms. The molecule has 0 radical (unpaired) electrons. The first-order valence-electron chi connectivity index (χ1n) is 8.76. The zero-order valence-electron chi connectivity index (χ0n) is 15.5. The maximum absolute atomic E-state index is 14.3. The third-order valence-electron chi connectivity index (χ3n) is 4.65. The van der Waals surface area contributed by atoms with Gasteiger partial charge in [0.2, 0.25) is 0 Å². The van der Waals surface area contributed by atoms with Crippen molar-refractivity contribution in [1.29, 1.82) is 0 Å². The van der Waals surface area contributed by atoms with Gasteiger partial charge >= 0.3 is 0 Å². The minimum atomic E-state index is -4.40. The molecule has 0 aliphatic carbocycles. The third-order valence-corrected chi connectivity index (χ3v) is 6.80. The Bertz CT molecular complexity index is 1370. The molecule has 0 amide bonds. The monoisotopic (exact) mass is 494 g/mol. The van der Waals surface area contributed by atoms with Gasteiger partial charge in [0.15, 0.2) is 5.65 Å². The second-order valence-corrected chi connectivity index (χ2v) is 9.38. The van der Waals surface area contributed by atoms with Crippen molar-refractivity contribution in [1.82, 2.24) is 8.96 Å². The molecule has 4 rings (SSSR count). The van der Waals surface area contributed by atoms with E-state index in [0.717, 1.165) is 11.6 Å². The second-order valence-electron chi connectivity index (χ2n) is 6.68. The highest BCUT2D eigenvalue weighted by atomic mass is 79.9. The summed E-state index contributed by atoms with van der Waals surface area (Å²) in [4.78, 5) is 3.96. The highest BCUT2D eigenvalue weighted by Crippen LogP contribution is 2.42. The van der Waals surface area contributed by atoms with Crippen LogP contribution in [-0.4, -0.2) is 17.4 Å². The van der Waals surface area contributed by atoms with Gasteiger partial charge in [-0.2, -0.15) is 0 Å². The fourth-order valence-corrected chi connectivity index (χ4v) is 5.16. The number of aryl methyl sites for hydroxylation is 1.